The second kappa shape index (κ2) is 7.53. The normalized spacial score (nSPS) is 11.6. The molecule has 1 heterocycles. The van der Waals surface area contributed by atoms with E-state index in [2.05, 4.69) is 15.6 Å². The number of carbonyl (C=O) groups is 1. The number of amides is 2. The van der Waals surface area contributed by atoms with E-state index in [0.717, 1.165) is 22.8 Å². The first-order valence-corrected chi connectivity index (χ1v) is 7.91. The van der Waals surface area contributed by atoms with E-state index < -0.39 is 6.04 Å². The molecule has 0 saturated heterocycles. The SMILES string of the molecule is COc1cccc([C@H](NC(=O)Nc2ccccc2)c2nccn2C)c1. The Labute approximate surface area is 146 Å². The third kappa shape index (κ3) is 3.98. The van der Waals surface area contributed by atoms with Gasteiger partial charge in [0.25, 0.3) is 0 Å². The molecule has 0 aliphatic rings. The van der Waals surface area contributed by atoms with Crippen LogP contribution in [0.25, 0.3) is 0 Å². The molecule has 2 amide bonds. The van der Waals surface area contributed by atoms with Gasteiger partial charge in [0.2, 0.25) is 0 Å². The molecule has 0 bridgehead atoms. The highest BCUT2D eigenvalue weighted by molar-refractivity contribution is 5.89. The van der Waals surface area contributed by atoms with Gasteiger partial charge in [0.15, 0.2) is 0 Å². The molecule has 128 valence electrons. The fraction of sp³-hybridized carbons (Fsp3) is 0.158. The number of carbonyl (C=O) groups excluding carboxylic acids is 1. The molecule has 0 spiro atoms. The summed E-state index contributed by atoms with van der Waals surface area (Å²) in [7, 11) is 3.51. The molecule has 1 atom stereocenters. The van der Waals surface area contributed by atoms with Crippen molar-refractivity contribution in [1.82, 2.24) is 14.9 Å². The molecule has 0 aliphatic carbocycles. The topological polar surface area (TPSA) is 68.2 Å². The molecular weight excluding hydrogens is 316 g/mol. The molecule has 0 aliphatic heterocycles. The predicted molar refractivity (Wildman–Crippen MR) is 96.6 cm³/mol. The van der Waals surface area contributed by atoms with Crippen LogP contribution in [0.15, 0.2) is 67.0 Å². The molecule has 6 heteroatoms. The van der Waals surface area contributed by atoms with Crippen molar-refractivity contribution in [3.63, 3.8) is 0 Å². The number of aryl methyl sites for hydroxylation is 1. The molecule has 2 N–H and O–H groups in total. The summed E-state index contributed by atoms with van der Waals surface area (Å²) in [6.07, 6.45) is 3.55. The molecule has 3 aromatic rings. The first-order chi connectivity index (χ1) is 12.2. The zero-order chi connectivity index (χ0) is 17.6. The lowest BCUT2D eigenvalue weighted by atomic mass is 10.1. The quantitative estimate of drug-likeness (QED) is 0.751. The number of para-hydroxylation sites is 1. The number of rotatable bonds is 5. The molecule has 0 radical (unpaired) electrons. The number of hydrogen-bond donors (Lipinski definition) is 2. The number of ether oxygens (including phenoxy) is 1. The number of hydrogen-bond acceptors (Lipinski definition) is 3. The van der Waals surface area contributed by atoms with E-state index in [-0.39, 0.29) is 6.03 Å². The van der Waals surface area contributed by atoms with E-state index in [1.54, 1.807) is 13.3 Å². The molecular formula is C19H20N4O2. The highest BCUT2D eigenvalue weighted by Crippen LogP contribution is 2.24. The summed E-state index contributed by atoms with van der Waals surface area (Å²) in [5, 5.41) is 5.82. The zero-order valence-corrected chi connectivity index (χ0v) is 14.1. The zero-order valence-electron chi connectivity index (χ0n) is 14.1. The highest BCUT2D eigenvalue weighted by atomic mass is 16.5. The van der Waals surface area contributed by atoms with Gasteiger partial charge in [-0.3, -0.25) is 0 Å². The summed E-state index contributed by atoms with van der Waals surface area (Å²) in [6, 6.07) is 16.2. The van der Waals surface area contributed by atoms with E-state index in [4.69, 9.17) is 4.74 Å². The van der Waals surface area contributed by atoms with Gasteiger partial charge in [-0.25, -0.2) is 9.78 Å². The molecule has 0 fully saturated rings. The van der Waals surface area contributed by atoms with Crippen LogP contribution in [-0.2, 0) is 7.05 Å². The van der Waals surface area contributed by atoms with Crippen molar-refractivity contribution in [3.05, 3.63) is 78.4 Å². The third-order valence-corrected chi connectivity index (χ3v) is 3.85. The Bertz CT molecular complexity index is 845. The Morgan fingerprint density at radius 1 is 1.16 bits per heavy atom. The summed E-state index contributed by atoms with van der Waals surface area (Å²) in [6.45, 7) is 0. The Morgan fingerprint density at radius 3 is 2.64 bits per heavy atom. The number of benzene rings is 2. The highest BCUT2D eigenvalue weighted by Gasteiger charge is 2.21. The Balaban J connectivity index is 1.86. The van der Waals surface area contributed by atoms with Crippen molar-refractivity contribution in [2.24, 2.45) is 7.05 Å². The van der Waals surface area contributed by atoms with Gasteiger partial charge in [-0.1, -0.05) is 30.3 Å². The maximum absolute atomic E-state index is 12.5. The van der Waals surface area contributed by atoms with Crippen LogP contribution in [0.3, 0.4) is 0 Å². The van der Waals surface area contributed by atoms with Crippen molar-refractivity contribution in [3.8, 4) is 5.75 Å². The minimum absolute atomic E-state index is 0.304. The number of imidazole rings is 1. The van der Waals surface area contributed by atoms with Gasteiger partial charge in [-0.2, -0.15) is 0 Å². The lowest BCUT2D eigenvalue weighted by Gasteiger charge is -2.20. The van der Waals surface area contributed by atoms with Crippen LogP contribution in [0.1, 0.15) is 17.4 Å². The van der Waals surface area contributed by atoms with Crippen molar-refractivity contribution in [2.45, 2.75) is 6.04 Å². The third-order valence-electron chi connectivity index (χ3n) is 3.85. The number of nitrogens with zero attached hydrogens (tertiary/aromatic N) is 2. The van der Waals surface area contributed by atoms with Gasteiger partial charge in [0, 0.05) is 25.1 Å². The van der Waals surface area contributed by atoms with Crippen molar-refractivity contribution in [1.29, 1.82) is 0 Å². The molecule has 25 heavy (non-hydrogen) atoms. The van der Waals surface area contributed by atoms with Crippen LogP contribution in [0.5, 0.6) is 5.75 Å². The smallest absolute Gasteiger partial charge is 0.320 e. The van der Waals surface area contributed by atoms with Crippen LogP contribution >= 0.6 is 0 Å². The Hall–Kier alpha value is -3.28. The van der Waals surface area contributed by atoms with Gasteiger partial charge in [0.1, 0.15) is 17.6 Å². The van der Waals surface area contributed by atoms with Crippen molar-refractivity contribution >= 4 is 11.7 Å². The summed E-state index contributed by atoms with van der Waals surface area (Å²) in [4.78, 5) is 16.9. The standard InChI is InChI=1S/C19H20N4O2/c1-23-12-11-20-18(23)17(14-7-6-10-16(13-14)25-2)22-19(24)21-15-8-4-3-5-9-15/h3-13,17H,1-2H3,(H2,21,22,24)/t17-/m0/s1. The first kappa shape index (κ1) is 16.6. The first-order valence-electron chi connectivity index (χ1n) is 7.91. The van der Waals surface area contributed by atoms with E-state index in [1.165, 1.54) is 0 Å². The van der Waals surface area contributed by atoms with Gasteiger partial charge in [-0.15, -0.1) is 0 Å². The van der Waals surface area contributed by atoms with Gasteiger partial charge in [0.05, 0.1) is 7.11 Å². The molecule has 1 aromatic heterocycles. The molecule has 0 saturated carbocycles. The summed E-state index contributed by atoms with van der Waals surface area (Å²) >= 11 is 0. The molecule has 0 unspecified atom stereocenters. The predicted octanol–water partition coefficient (Wildman–Crippen LogP) is 3.34. The van der Waals surface area contributed by atoms with E-state index >= 15 is 0 Å². The Morgan fingerprint density at radius 2 is 1.96 bits per heavy atom. The van der Waals surface area contributed by atoms with Crippen molar-refractivity contribution < 1.29 is 9.53 Å². The molecule has 2 aromatic carbocycles. The minimum atomic E-state index is -0.404. The second-order valence-electron chi connectivity index (χ2n) is 5.57. The average molecular weight is 336 g/mol. The fourth-order valence-corrected chi connectivity index (χ4v) is 2.59. The monoisotopic (exact) mass is 336 g/mol. The van der Waals surface area contributed by atoms with E-state index in [9.17, 15) is 4.79 Å². The lowest BCUT2D eigenvalue weighted by molar-refractivity contribution is 0.249. The number of aromatic nitrogens is 2. The average Bonchev–Trinajstić information content (AvgIpc) is 3.06. The molecule has 3 rings (SSSR count). The number of methoxy groups -OCH3 is 1. The summed E-state index contributed by atoms with van der Waals surface area (Å²) in [5.41, 5.74) is 1.61. The van der Waals surface area contributed by atoms with Crippen LogP contribution in [0.2, 0.25) is 0 Å². The van der Waals surface area contributed by atoms with Crippen LogP contribution in [0.4, 0.5) is 10.5 Å². The van der Waals surface area contributed by atoms with Crippen molar-refractivity contribution in [2.75, 3.05) is 12.4 Å². The largest absolute Gasteiger partial charge is 0.497 e. The lowest BCUT2D eigenvalue weighted by Crippen LogP contribution is -2.34. The van der Waals surface area contributed by atoms with Gasteiger partial charge >= 0.3 is 6.03 Å². The number of anilines is 1. The van der Waals surface area contributed by atoms with E-state index in [1.807, 2.05) is 72.4 Å². The molecule has 6 nitrogen and oxygen atoms in total. The van der Waals surface area contributed by atoms with Crippen LogP contribution in [-0.4, -0.2) is 22.7 Å². The van der Waals surface area contributed by atoms with Crippen LogP contribution < -0.4 is 15.4 Å². The van der Waals surface area contributed by atoms with Crippen LogP contribution in [0, 0.1) is 0 Å². The van der Waals surface area contributed by atoms with Gasteiger partial charge in [-0.05, 0) is 29.8 Å². The maximum atomic E-state index is 12.5. The summed E-state index contributed by atoms with van der Waals surface area (Å²) in [5.74, 6) is 1.46. The second-order valence-corrected chi connectivity index (χ2v) is 5.57. The number of nitrogens with one attached hydrogen (secondary N) is 2. The Kier molecular flexibility index (Phi) is 4.99. The summed E-state index contributed by atoms with van der Waals surface area (Å²) < 4.78 is 7.18. The number of urea groups is 1. The van der Waals surface area contributed by atoms with E-state index in [0.29, 0.717) is 0 Å². The minimum Gasteiger partial charge on any atom is -0.497 e. The van der Waals surface area contributed by atoms with Gasteiger partial charge < -0.3 is 19.9 Å². The fourth-order valence-electron chi connectivity index (χ4n) is 2.59. The maximum Gasteiger partial charge on any atom is 0.320 e.